The van der Waals surface area contributed by atoms with E-state index in [0.29, 0.717) is 0 Å². The highest BCUT2D eigenvalue weighted by molar-refractivity contribution is 6.31. The fourth-order valence-corrected chi connectivity index (χ4v) is 2.67. The molecule has 4 amide bonds. The van der Waals surface area contributed by atoms with E-state index in [-0.39, 0.29) is 5.57 Å². The van der Waals surface area contributed by atoms with Gasteiger partial charge in [-0.25, -0.2) is 4.79 Å². The molecule has 0 radical (unpaired) electrons. The van der Waals surface area contributed by atoms with Gasteiger partial charge in [0.1, 0.15) is 5.57 Å². The van der Waals surface area contributed by atoms with Crippen molar-refractivity contribution in [1.29, 1.82) is 0 Å². The van der Waals surface area contributed by atoms with Gasteiger partial charge in [-0.1, -0.05) is 18.2 Å². The fraction of sp³-hybridized carbons (Fsp3) is 0.118. The molecule has 0 unspecified atom stereocenters. The predicted molar refractivity (Wildman–Crippen MR) is 84.9 cm³/mol. The van der Waals surface area contributed by atoms with Gasteiger partial charge in [-0.15, -0.1) is 0 Å². The number of amides is 4. The van der Waals surface area contributed by atoms with Crippen LogP contribution in [0.15, 0.2) is 42.0 Å². The number of aromatic nitrogens is 1. The first-order valence-electron chi connectivity index (χ1n) is 7.10. The molecule has 2 heterocycles. The summed E-state index contributed by atoms with van der Waals surface area (Å²) >= 11 is 0. The lowest BCUT2D eigenvalue weighted by Gasteiger charge is -2.14. The van der Waals surface area contributed by atoms with Crippen LogP contribution in [0, 0.1) is 13.8 Å². The summed E-state index contributed by atoms with van der Waals surface area (Å²) in [5.74, 6) is -1.38. The zero-order valence-corrected chi connectivity index (χ0v) is 12.7. The number of carbonyl (C=O) groups excluding carboxylic acids is 3. The lowest BCUT2D eigenvalue weighted by atomic mass is 10.1. The van der Waals surface area contributed by atoms with Crippen molar-refractivity contribution in [1.82, 2.24) is 15.2 Å². The Morgan fingerprint density at radius 2 is 1.57 bits per heavy atom. The lowest BCUT2D eigenvalue weighted by Crippen LogP contribution is -2.51. The molecule has 0 spiro atoms. The summed E-state index contributed by atoms with van der Waals surface area (Å²) in [6, 6.07) is 10.9. The number of rotatable bonds is 2. The summed E-state index contributed by atoms with van der Waals surface area (Å²) in [7, 11) is 0. The third-order valence-corrected chi connectivity index (χ3v) is 3.73. The van der Waals surface area contributed by atoms with E-state index in [1.54, 1.807) is 0 Å². The van der Waals surface area contributed by atoms with Crippen molar-refractivity contribution in [2.45, 2.75) is 13.8 Å². The molecule has 1 aromatic carbocycles. The first-order valence-corrected chi connectivity index (χ1v) is 7.10. The van der Waals surface area contributed by atoms with Crippen LogP contribution in [0.1, 0.15) is 17.0 Å². The molecule has 1 saturated heterocycles. The topological polar surface area (TPSA) is 80.2 Å². The minimum atomic E-state index is -0.799. The SMILES string of the molecule is Cc1cc(C=C2C(=O)NC(=O)NC2=O)c(C)n1-c1ccccc1. The number of nitrogens with zero attached hydrogens (tertiary/aromatic N) is 1. The van der Waals surface area contributed by atoms with Gasteiger partial charge >= 0.3 is 6.03 Å². The van der Waals surface area contributed by atoms with Crippen molar-refractivity contribution in [2.24, 2.45) is 0 Å². The molecule has 1 aromatic heterocycles. The molecular weight excluding hydrogens is 294 g/mol. The average molecular weight is 309 g/mol. The predicted octanol–water partition coefficient (Wildman–Crippen LogP) is 1.84. The van der Waals surface area contributed by atoms with Crippen LogP contribution >= 0.6 is 0 Å². The van der Waals surface area contributed by atoms with Crippen LogP contribution in [0.2, 0.25) is 0 Å². The Bertz CT molecular complexity index is 825. The zero-order valence-electron chi connectivity index (χ0n) is 12.7. The second-order valence-corrected chi connectivity index (χ2v) is 5.29. The minimum absolute atomic E-state index is 0.0853. The molecule has 23 heavy (non-hydrogen) atoms. The normalized spacial score (nSPS) is 14.5. The highest BCUT2D eigenvalue weighted by atomic mass is 16.2. The van der Waals surface area contributed by atoms with E-state index in [9.17, 15) is 14.4 Å². The van der Waals surface area contributed by atoms with E-state index in [2.05, 4.69) is 10.6 Å². The van der Waals surface area contributed by atoms with E-state index in [0.717, 1.165) is 22.6 Å². The van der Waals surface area contributed by atoms with Gasteiger partial charge in [0, 0.05) is 17.1 Å². The van der Waals surface area contributed by atoms with Gasteiger partial charge < -0.3 is 4.57 Å². The Balaban J connectivity index is 2.06. The molecule has 2 N–H and O–H groups in total. The van der Waals surface area contributed by atoms with Gasteiger partial charge in [0.05, 0.1) is 0 Å². The van der Waals surface area contributed by atoms with Crippen LogP contribution in [0.3, 0.4) is 0 Å². The molecule has 1 aliphatic rings. The maximum Gasteiger partial charge on any atom is 0.328 e. The van der Waals surface area contributed by atoms with Crippen molar-refractivity contribution in [3.05, 3.63) is 58.9 Å². The number of imide groups is 2. The first-order chi connectivity index (χ1) is 11.0. The Kier molecular flexibility index (Phi) is 3.57. The molecule has 0 bridgehead atoms. The first kappa shape index (κ1) is 14.8. The van der Waals surface area contributed by atoms with Crippen LogP contribution in [-0.2, 0) is 9.59 Å². The summed E-state index contributed by atoms with van der Waals surface area (Å²) in [6.45, 7) is 3.86. The molecular formula is C17H15N3O3. The van der Waals surface area contributed by atoms with Crippen molar-refractivity contribution in [3.8, 4) is 5.69 Å². The van der Waals surface area contributed by atoms with Gasteiger partial charge in [0.15, 0.2) is 0 Å². The number of nitrogens with one attached hydrogen (secondary N) is 2. The van der Waals surface area contributed by atoms with Crippen LogP contribution in [0.25, 0.3) is 11.8 Å². The zero-order chi connectivity index (χ0) is 16.6. The maximum atomic E-state index is 11.8. The number of aryl methyl sites for hydroxylation is 1. The van der Waals surface area contributed by atoms with Crippen LogP contribution in [0.4, 0.5) is 4.79 Å². The molecule has 1 fully saturated rings. The fourth-order valence-electron chi connectivity index (χ4n) is 2.67. The van der Waals surface area contributed by atoms with Gasteiger partial charge in [-0.2, -0.15) is 0 Å². The standard InChI is InChI=1S/C17H15N3O3/c1-10-8-12(9-14-15(21)18-17(23)19-16(14)22)11(2)20(10)13-6-4-3-5-7-13/h3-9H,1-2H3,(H2,18,19,21,22,23). The smallest absolute Gasteiger partial charge is 0.318 e. The highest BCUT2D eigenvalue weighted by Crippen LogP contribution is 2.23. The second kappa shape index (κ2) is 5.57. The number of urea groups is 1. The summed E-state index contributed by atoms with van der Waals surface area (Å²) in [5, 5.41) is 4.14. The number of benzene rings is 1. The van der Waals surface area contributed by atoms with Gasteiger partial charge in [0.25, 0.3) is 11.8 Å². The third-order valence-electron chi connectivity index (χ3n) is 3.73. The maximum absolute atomic E-state index is 11.8. The quantitative estimate of drug-likeness (QED) is 0.656. The summed E-state index contributed by atoms with van der Waals surface area (Å²) in [6.07, 6.45) is 1.50. The average Bonchev–Trinajstić information content (AvgIpc) is 2.78. The summed E-state index contributed by atoms with van der Waals surface area (Å²) in [4.78, 5) is 34.7. The summed E-state index contributed by atoms with van der Waals surface area (Å²) in [5.41, 5.74) is 3.55. The van der Waals surface area contributed by atoms with Crippen LogP contribution < -0.4 is 10.6 Å². The molecule has 0 aliphatic carbocycles. The molecule has 1 aliphatic heterocycles. The molecule has 0 atom stereocenters. The molecule has 6 nitrogen and oxygen atoms in total. The number of hydrogen-bond donors (Lipinski definition) is 2. The van der Waals surface area contributed by atoms with E-state index >= 15 is 0 Å². The van der Waals surface area contributed by atoms with Gasteiger partial charge in [-0.05, 0) is 43.7 Å². The Morgan fingerprint density at radius 3 is 2.17 bits per heavy atom. The Hall–Kier alpha value is -3.15. The second-order valence-electron chi connectivity index (χ2n) is 5.29. The van der Waals surface area contributed by atoms with Crippen molar-refractivity contribution in [2.75, 3.05) is 0 Å². The van der Waals surface area contributed by atoms with Crippen molar-refractivity contribution in [3.63, 3.8) is 0 Å². The third kappa shape index (κ3) is 2.66. The van der Waals surface area contributed by atoms with Gasteiger partial charge in [0.2, 0.25) is 0 Å². The number of carbonyl (C=O) groups is 3. The van der Waals surface area contributed by atoms with E-state index < -0.39 is 17.8 Å². The number of barbiturate groups is 1. The minimum Gasteiger partial charge on any atom is -0.318 e. The highest BCUT2D eigenvalue weighted by Gasteiger charge is 2.28. The van der Waals surface area contributed by atoms with Crippen molar-refractivity contribution >= 4 is 23.9 Å². The number of hydrogen-bond acceptors (Lipinski definition) is 3. The molecule has 116 valence electrons. The molecule has 3 rings (SSSR count). The van der Waals surface area contributed by atoms with E-state index in [4.69, 9.17) is 0 Å². The lowest BCUT2D eigenvalue weighted by molar-refractivity contribution is -0.123. The Labute approximate surface area is 132 Å². The van der Waals surface area contributed by atoms with E-state index in [1.165, 1.54) is 6.08 Å². The molecule has 0 saturated carbocycles. The van der Waals surface area contributed by atoms with Gasteiger partial charge in [-0.3, -0.25) is 20.2 Å². The van der Waals surface area contributed by atoms with Crippen molar-refractivity contribution < 1.29 is 14.4 Å². The monoisotopic (exact) mass is 309 g/mol. The number of para-hydroxylation sites is 1. The largest absolute Gasteiger partial charge is 0.328 e. The van der Waals surface area contributed by atoms with Crippen LogP contribution in [-0.4, -0.2) is 22.4 Å². The van der Waals surface area contributed by atoms with Crippen LogP contribution in [0.5, 0.6) is 0 Å². The van der Waals surface area contributed by atoms with E-state index in [1.807, 2.05) is 54.8 Å². The molecule has 2 aromatic rings. The summed E-state index contributed by atoms with van der Waals surface area (Å²) < 4.78 is 2.04. The molecule has 6 heteroatoms. The Morgan fingerprint density at radius 1 is 0.957 bits per heavy atom.